The average molecular weight is 386 g/mol. The maximum atomic E-state index is 13.0. The predicted molar refractivity (Wildman–Crippen MR) is 111 cm³/mol. The molecule has 1 aromatic rings. The lowest BCUT2D eigenvalue weighted by Crippen LogP contribution is -2.52. The van der Waals surface area contributed by atoms with Crippen molar-refractivity contribution in [1.82, 2.24) is 19.7 Å². The molecule has 4 heterocycles. The number of amides is 1. The molecule has 154 valence electrons. The maximum Gasteiger partial charge on any atom is 0.226 e. The molecule has 1 amide bonds. The van der Waals surface area contributed by atoms with Crippen molar-refractivity contribution < 1.29 is 4.79 Å². The molecule has 0 saturated carbocycles. The van der Waals surface area contributed by atoms with Crippen LogP contribution >= 0.6 is 0 Å². The van der Waals surface area contributed by atoms with E-state index >= 15 is 0 Å². The summed E-state index contributed by atoms with van der Waals surface area (Å²) in [7, 11) is 0. The van der Waals surface area contributed by atoms with Gasteiger partial charge in [-0.3, -0.25) is 19.6 Å². The van der Waals surface area contributed by atoms with Crippen molar-refractivity contribution in [2.75, 3.05) is 39.3 Å². The summed E-state index contributed by atoms with van der Waals surface area (Å²) < 4.78 is 0. The number of nitrogens with two attached hydrogens (primary N) is 1. The molecular weight excluding hydrogens is 350 g/mol. The van der Waals surface area contributed by atoms with Crippen LogP contribution in [0.15, 0.2) is 24.5 Å². The van der Waals surface area contributed by atoms with Crippen molar-refractivity contribution in [3.05, 3.63) is 30.1 Å². The van der Waals surface area contributed by atoms with Gasteiger partial charge in [0.05, 0.1) is 5.92 Å². The van der Waals surface area contributed by atoms with Gasteiger partial charge in [0.1, 0.15) is 0 Å². The Morgan fingerprint density at radius 3 is 2.57 bits per heavy atom. The first-order chi connectivity index (χ1) is 13.7. The van der Waals surface area contributed by atoms with E-state index in [4.69, 9.17) is 5.73 Å². The number of aromatic nitrogens is 1. The van der Waals surface area contributed by atoms with Gasteiger partial charge in [0, 0.05) is 50.7 Å². The van der Waals surface area contributed by atoms with Crippen molar-refractivity contribution in [2.24, 2.45) is 11.7 Å². The third kappa shape index (κ3) is 4.91. The lowest BCUT2D eigenvalue weighted by atomic mass is 9.92. The third-order valence-electron chi connectivity index (χ3n) is 6.86. The summed E-state index contributed by atoms with van der Waals surface area (Å²) in [5.41, 5.74) is 7.30. The molecule has 0 unspecified atom stereocenters. The zero-order chi connectivity index (χ0) is 19.3. The Hall–Kier alpha value is -1.50. The molecule has 0 aliphatic carbocycles. The summed E-state index contributed by atoms with van der Waals surface area (Å²) in [4.78, 5) is 24.4. The van der Waals surface area contributed by atoms with Gasteiger partial charge < -0.3 is 10.6 Å². The third-order valence-corrected chi connectivity index (χ3v) is 6.86. The normalized spacial score (nSPS) is 26.5. The number of nitrogens with zero attached hydrogens (tertiary/aromatic N) is 4. The van der Waals surface area contributed by atoms with E-state index in [1.54, 1.807) is 0 Å². The molecule has 2 N–H and O–H groups in total. The lowest BCUT2D eigenvalue weighted by molar-refractivity contribution is -0.138. The van der Waals surface area contributed by atoms with Crippen molar-refractivity contribution in [1.29, 1.82) is 0 Å². The van der Waals surface area contributed by atoms with Gasteiger partial charge in [-0.15, -0.1) is 0 Å². The summed E-state index contributed by atoms with van der Waals surface area (Å²) in [5, 5.41) is 0. The molecule has 3 saturated heterocycles. The molecule has 28 heavy (non-hydrogen) atoms. The average Bonchev–Trinajstić information content (AvgIpc) is 2.75. The Morgan fingerprint density at radius 2 is 1.86 bits per heavy atom. The molecule has 0 bridgehead atoms. The number of likely N-dealkylation sites (tertiary alicyclic amines) is 3. The van der Waals surface area contributed by atoms with Gasteiger partial charge in [0.25, 0.3) is 0 Å². The topological polar surface area (TPSA) is 65.7 Å². The number of hydrogen-bond acceptors (Lipinski definition) is 5. The van der Waals surface area contributed by atoms with Crippen LogP contribution in [0.3, 0.4) is 0 Å². The number of rotatable bonds is 4. The molecule has 6 heteroatoms. The van der Waals surface area contributed by atoms with Crippen LogP contribution in [-0.2, 0) is 11.3 Å². The predicted octanol–water partition coefficient (Wildman–Crippen LogP) is 1.71. The zero-order valence-electron chi connectivity index (χ0n) is 17.0. The first-order valence-electron chi connectivity index (χ1n) is 11.1. The minimum Gasteiger partial charge on any atom is -0.342 e. The van der Waals surface area contributed by atoms with Crippen LogP contribution in [0.4, 0.5) is 0 Å². The van der Waals surface area contributed by atoms with Crippen molar-refractivity contribution in [2.45, 2.75) is 57.2 Å². The minimum atomic E-state index is 0.191. The van der Waals surface area contributed by atoms with E-state index in [-0.39, 0.29) is 12.0 Å². The highest BCUT2D eigenvalue weighted by molar-refractivity contribution is 5.79. The molecule has 0 radical (unpaired) electrons. The van der Waals surface area contributed by atoms with Crippen LogP contribution in [0.1, 0.15) is 44.1 Å². The number of piperidine rings is 3. The molecule has 0 aromatic carbocycles. The fourth-order valence-corrected chi connectivity index (χ4v) is 5.11. The van der Waals surface area contributed by atoms with Gasteiger partial charge in [0.15, 0.2) is 0 Å². The molecule has 1 aromatic heterocycles. The van der Waals surface area contributed by atoms with Crippen LogP contribution in [0.25, 0.3) is 0 Å². The van der Waals surface area contributed by atoms with E-state index < -0.39 is 0 Å². The largest absolute Gasteiger partial charge is 0.342 e. The summed E-state index contributed by atoms with van der Waals surface area (Å²) in [6, 6.07) is 5.09. The maximum absolute atomic E-state index is 13.0. The van der Waals surface area contributed by atoms with Crippen molar-refractivity contribution in [3.63, 3.8) is 0 Å². The van der Waals surface area contributed by atoms with Gasteiger partial charge in [-0.1, -0.05) is 6.07 Å². The lowest BCUT2D eigenvalue weighted by Gasteiger charge is -2.43. The number of hydrogen-bond donors (Lipinski definition) is 1. The minimum absolute atomic E-state index is 0.191. The highest BCUT2D eigenvalue weighted by atomic mass is 16.2. The molecule has 3 aliphatic heterocycles. The second-order valence-electron chi connectivity index (χ2n) is 8.87. The van der Waals surface area contributed by atoms with Gasteiger partial charge in [0.2, 0.25) is 5.91 Å². The van der Waals surface area contributed by atoms with E-state index in [0.29, 0.717) is 11.9 Å². The first-order valence-corrected chi connectivity index (χ1v) is 11.1. The number of carbonyl (C=O) groups is 1. The summed E-state index contributed by atoms with van der Waals surface area (Å²) >= 11 is 0. The van der Waals surface area contributed by atoms with Crippen LogP contribution in [0, 0.1) is 5.92 Å². The highest BCUT2D eigenvalue weighted by Gasteiger charge is 2.34. The second-order valence-corrected chi connectivity index (χ2v) is 8.87. The molecule has 6 nitrogen and oxygen atoms in total. The number of carbonyl (C=O) groups excluding carboxylic acids is 1. The summed E-state index contributed by atoms with van der Waals surface area (Å²) in [6.07, 6.45) is 10.3. The SMILES string of the molecule is NC1CCN(C(=O)[C@@H]2CCCN(C3CCN(Cc4cccnc4)CC3)C2)CC1. The standard InChI is InChI=1S/C22H35N5O/c23-20-5-13-26(14-6-20)22(28)19-4-2-10-27(17-19)21-7-11-25(12-8-21)16-18-3-1-9-24-15-18/h1,3,9,15,19-21H,2,4-8,10-14,16-17,23H2/t19-/m1/s1. The van der Waals surface area contributed by atoms with Crippen molar-refractivity contribution in [3.8, 4) is 0 Å². The molecule has 3 fully saturated rings. The Balaban J connectivity index is 1.25. The van der Waals surface area contributed by atoms with Crippen LogP contribution in [0.2, 0.25) is 0 Å². The fraction of sp³-hybridized carbons (Fsp3) is 0.727. The zero-order valence-corrected chi connectivity index (χ0v) is 17.0. The van der Waals surface area contributed by atoms with E-state index in [1.165, 1.54) is 18.4 Å². The van der Waals surface area contributed by atoms with E-state index in [0.717, 1.165) is 71.5 Å². The Bertz CT molecular complexity index is 623. The van der Waals surface area contributed by atoms with Crippen molar-refractivity contribution >= 4 is 5.91 Å². The van der Waals surface area contributed by atoms with E-state index in [9.17, 15) is 4.79 Å². The van der Waals surface area contributed by atoms with Gasteiger partial charge in [-0.05, 0) is 69.8 Å². The van der Waals surface area contributed by atoms with Crippen LogP contribution in [0.5, 0.6) is 0 Å². The van der Waals surface area contributed by atoms with Crippen LogP contribution < -0.4 is 5.73 Å². The van der Waals surface area contributed by atoms with E-state index in [1.807, 2.05) is 18.5 Å². The molecule has 1 atom stereocenters. The summed E-state index contributed by atoms with van der Waals surface area (Å²) in [6.45, 7) is 7.08. The Kier molecular flexibility index (Phi) is 6.60. The van der Waals surface area contributed by atoms with Gasteiger partial charge >= 0.3 is 0 Å². The summed E-state index contributed by atoms with van der Waals surface area (Å²) in [5.74, 6) is 0.571. The molecule has 3 aliphatic rings. The molecule has 4 rings (SSSR count). The van der Waals surface area contributed by atoms with Crippen LogP contribution in [-0.4, -0.2) is 76.9 Å². The molecule has 0 spiro atoms. The van der Waals surface area contributed by atoms with Gasteiger partial charge in [-0.2, -0.15) is 0 Å². The smallest absolute Gasteiger partial charge is 0.226 e. The Labute approximate surface area is 169 Å². The monoisotopic (exact) mass is 385 g/mol. The number of pyridine rings is 1. The quantitative estimate of drug-likeness (QED) is 0.855. The van der Waals surface area contributed by atoms with E-state index in [2.05, 4.69) is 25.8 Å². The second kappa shape index (κ2) is 9.33. The Morgan fingerprint density at radius 1 is 1.07 bits per heavy atom. The fourth-order valence-electron chi connectivity index (χ4n) is 5.11. The first kappa shape index (κ1) is 19.8. The molecular formula is C22H35N5O. The highest BCUT2D eigenvalue weighted by Crippen LogP contribution is 2.26. The van der Waals surface area contributed by atoms with Gasteiger partial charge in [-0.25, -0.2) is 0 Å².